The topological polar surface area (TPSA) is 12.0 Å². The summed E-state index contributed by atoms with van der Waals surface area (Å²) in [4.78, 5) is 0. The standard InChI is InChI=1S/C14H19N/c1-2-8-11-7(1)13-5-15-6-14(8,13)10-4-3-9(13)12(10)11/h7-12,15H,1-6H2/t7-,8+,9+,10-,11?,12?,13?,14?. The molecular formula is C14H19N. The fraction of sp³-hybridized carbons (Fsp3) is 1.00. The molecule has 8 atom stereocenters. The molecule has 1 aliphatic heterocycles. The molecule has 6 saturated carbocycles. The largest absolute Gasteiger partial charge is 0.316 e. The summed E-state index contributed by atoms with van der Waals surface area (Å²) in [6.45, 7) is 2.84. The molecule has 8 bridgehead atoms. The summed E-state index contributed by atoms with van der Waals surface area (Å²) in [7, 11) is 0. The van der Waals surface area contributed by atoms with Gasteiger partial charge in [-0.25, -0.2) is 0 Å². The zero-order valence-electron chi connectivity index (χ0n) is 9.21. The van der Waals surface area contributed by atoms with E-state index in [1.54, 1.807) is 25.7 Å². The molecule has 6 aliphatic carbocycles. The van der Waals surface area contributed by atoms with Gasteiger partial charge in [0.1, 0.15) is 0 Å². The maximum atomic E-state index is 3.82. The molecule has 80 valence electrons. The molecule has 1 saturated heterocycles. The van der Waals surface area contributed by atoms with Crippen molar-refractivity contribution in [2.75, 3.05) is 13.1 Å². The molecule has 7 aliphatic rings. The van der Waals surface area contributed by atoms with E-state index in [1.165, 1.54) is 48.6 Å². The molecule has 7 fully saturated rings. The Hall–Kier alpha value is -0.0400. The van der Waals surface area contributed by atoms with Crippen molar-refractivity contribution in [3.05, 3.63) is 0 Å². The first-order valence-electron chi connectivity index (χ1n) is 7.12. The highest BCUT2D eigenvalue weighted by atomic mass is 15.1. The van der Waals surface area contributed by atoms with Crippen LogP contribution in [0.5, 0.6) is 0 Å². The number of hydrogen-bond donors (Lipinski definition) is 1. The highest BCUT2D eigenvalue weighted by Crippen LogP contribution is 2.93. The van der Waals surface area contributed by atoms with Gasteiger partial charge in [0.15, 0.2) is 0 Å². The van der Waals surface area contributed by atoms with Crippen LogP contribution in [0.4, 0.5) is 0 Å². The van der Waals surface area contributed by atoms with Gasteiger partial charge in [-0.05, 0) is 72.0 Å². The molecule has 0 aromatic heterocycles. The Morgan fingerprint density at radius 3 is 1.47 bits per heavy atom. The highest BCUT2D eigenvalue weighted by molar-refractivity contribution is 5.39. The van der Waals surface area contributed by atoms with Crippen LogP contribution in [0.15, 0.2) is 0 Å². The van der Waals surface area contributed by atoms with Crippen LogP contribution in [0.1, 0.15) is 25.7 Å². The third kappa shape index (κ3) is 0.397. The molecule has 1 heterocycles. The number of hydrogen-bond acceptors (Lipinski definition) is 1. The Morgan fingerprint density at radius 2 is 1.07 bits per heavy atom. The quantitative estimate of drug-likeness (QED) is 0.631. The zero-order valence-corrected chi connectivity index (χ0v) is 9.21. The van der Waals surface area contributed by atoms with E-state index in [2.05, 4.69) is 5.32 Å². The minimum absolute atomic E-state index is 0.855. The normalized spacial score (nSPS) is 80.0. The van der Waals surface area contributed by atoms with Crippen molar-refractivity contribution in [1.82, 2.24) is 5.32 Å². The fourth-order valence-electron chi connectivity index (χ4n) is 8.79. The van der Waals surface area contributed by atoms with Gasteiger partial charge in [-0.15, -0.1) is 0 Å². The predicted octanol–water partition coefficient (Wildman–Crippen LogP) is 1.89. The summed E-state index contributed by atoms with van der Waals surface area (Å²) in [6, 6.07) is 0. The van der Waals surface area contributed by atoms with Gasteiger partial charge in [0.25, 0.3) is 0 Å². The average molecular weight is 201 g/mol. The van der Waals surface area contributed by atoms with E-state index in [0.717, 1.165) is 10.8 Å². The summed E-state index contributed by atoms with van der Waals surface area (Å²) >= 11 is 0. The first kappa shape index (κ1) is 7.32. The van der Waals surface area contributed by atoms with Gasteiger partial charge >= 0.3 is 0 Å². The van der Waals surface area contributed by atoms with Gasteiger partial charge in [0, 0.05) is 13.1 Å². The second-order valence-electron chi connectivity index (χ2n) is 7.42. The van der Waals surface area contributed by atoms with E-state index in [0.29, 0.717) is 0 Å². The zero-order chi connectivity index (χ0) is 9.41. The van der Waals surface area contributed by atoms with Crippen LogP contribution in [-0.2, 0) is 0 Å². The highest BCUT2D eigenvalue weighted by Gasteiger charge is 2.90. The van der Waals surface area contributed by atoms with E-state index >= 15 is 0 Å². The van der Waals surface area contributed by atoms with Crippen LogP contribution in [0.2, 0.25) is 0 Å². The van der Waals surface area contributed by atoms with Crippen LogP contribution in [0.3, 0.4) is 0 Å². The Bertz CT molecular complexity index is 321. The van der Waals surface area contributed by atoms with Crippen molar-refractivity contribution in [1.29, 1.82) is 0 Å². The molecule has 15 heavy (non-hydrogen) atoms. The van der Waals surface area contributed by atoms with E-state index < -0.39 is 0 Å². The van der Waals surface area contributed by atoms with E-state index in [1.807, 2.05) is 0 Å². The lowest BCUT2D eigenvalue weighted by Gasteiger charge is -2.51. The van der Waals surface area contributed by atoms with Crippen molar-refractivity contribution in [2.45, 2.75) is 25.7 Å². The summed E-state index contributed by atoms with van der Waals surface area (Å²) in [6.07, 6.45) is 6.44. The maximum Gasteiger partial charge on any atom is 0.00196 e. The third-order valence-corrected chi connectivity index (χ3v) is 8.23. The molecule has 1 nitrogen and oxygen atoms in total. The fourth-order valence-corrected chi connectivity index (χ4v) is 8.79. The first-order valence-corrected chi connectivity index (χ1v) is 7.12. The molecule has 0 aromatic carbocycles. The van der Waals surface area contributed by atoms with Gasteiger partial charge in [0.05, 0.1) is 0 Å². The lowest BCUT2D eigenvalue weighted by atomic mass is 9.52. The third-order valence-electron chi connectivity index (χ3n) is 8.23. The SMILES string of the molecule is C1C[C@H]2C3C4[C@H]5CC[C@@H]4C4(CNCC524)[C@H]13. The molecular weight excluding hydrogens is 182 g/mol. The minimum atomic E-state index is 0.855. The van der Waals surface area contributed by atoms with E-state index in [-0.39, 0.29) is 0 Å². The van der Waals surface area contributed by atoms with Gasteiger partial charge in [-0.2, -0.15) is 0 Å². The monoisotopic (exact) mass is 201 g/mol. The summed E-state index contributed by atoms with van der Waals surface area (Å²) in [5, 5.41) is 3.82. The Balaban J connectivity index is 1.77. The summed E-state index contributed by atoms with van der Waals surface area (Å²) < 4.78 is 0. The van der Waals surface area contributed by atoms with Crippen molar-refractivity contribution in [3.63, 3.8) is 0 Å². The Labute approximate surface area is 91.0 Å². The molecule has 1 N–H and O–H groups in total. The van der Waals surface area contributed by atoms with Crippen molar-refractivity contribution in [2.24, 2.45) is 46.3 Å². The van der Waals surface area contributed by atoms with Gasteiger partial charge in [-0.3, -0.25) is 0 Å². The smallest absolute Gasteiger partial charge is 0.00196 e. The molecule has 0 aromatic rings. The van der Waals surface area contributed by atoms with Gasteiger partial charge in [0.2, 0.25) is 0 Å². The van der Waals surface area contributed by atoms with Crippen LogP contribution >= 0.6 is 0 Å². The predicted molar refractivity (Wildman–Crippen MR) is 57.1 cm³/mol. The average Bonchev–Trinajstić information content (AvgIpc) is 3.03. The Kier molecular flexibility index (Phi) is 0.837. The number of rotatable bonds is 0. The second-order valence-corrected chi connectivity index (χ2v) is 7.42. The summed E-state index contributed by atoms with van der Waals surface area (Å²) in [5.41, 5.74) is 1.71. The molecule has 7 rings (SSSR count). The molecule has 2 spiro atoms. The Morgan fingerprint density at radius 1 is 0.667 bits per heavy atom. The first-order chi connectivity index (χ1) is 7.41. The van der Waals surface area contributed by atoms with Gasteiger partial charge in [-0.1, -0.05) is 0 Å². The lowest BCUT2D eigenvalue weighted by molar-refractivity contribution is -0.0289. The molecule has 1 heteroatoms. The van der Waals surface area contributed by atoms with Crippen LogP contribution in [0, 0.1) is 46.3 Å². The van der Waals surface area contributed by atoms with Crippen LogP contribution in [0.25, 0.3) is 0 Å². The van der Waals surface area contributed by atoms with E-state index in [9.17, 15) is 0 Å². The van der Waals surface area contributed by atoms with Gasteiger partial charge < -0.3 is 5.32 Å². The molecule has 4 unspecified atom stereocenters. The van der Waals surface area contributed by atoms with Crippen LogP contribution in [-0.4, -0.2) is 13.1 Å². The van der Waals surface area contributed by atoms with E-state index in [4.69, 9.17) is 0 Å². The minimum Gasteiger partial charge on any atom is -0.316 e. The summed E-state index contributed by atoms with van der Waals surface area (Å²) in [5.74, 6) is 7.19. The molecule has 0 radical (unpaired) electrons. The van der Waals surface area contributed by atoms with Crippen molar-refractivity contribution < 1.29 is 0 Å². The maximum absolute atomic E-state index is 3.82. The lowest BCUT2D eigenvalue weighted by Crippen LogP contribution is -2.49. The van der Waals surface area contributed by atoms with Crippen molar-refractivity contribution >= 4 is 0 Å². The number of nitrogens with one attached hydrogen (secondary N) is 1. The molecule has 0 amide bonds. The van der Waals surface area contributed by atoms with Crippen molar-refractivity contribution in [3.8, 4) is 0 Å². The van der Waals surface area contributed by atoms with Crippen LogP contribution < -0.4 is 5.32 Å². The second kappa shape index (κ2) is 1.72.